The van der Waals surface area contributed by atoms with Gasteiger partial charge in [0.1, 0.15) is 12.4 Å². The standard InChI is InChI=1S/C18H30N2O/c1-3-10-19-14-17-6-5-7-18(13-17)21-12-11-20(4-2)15-16-8-9-16/h5-7,13,16,19H,3-4,8-12,14-15H2,1-2H3. The van der Waals surface area contributed by atoms with Crippen LogP contribution in [-0.2, 0) is 6.54 Å². The summed E-state index contributed by atoms with van der Waals surface area (Å²) >= 11 is 0. The van der Waals surface area contributed by atoms with Gasteiger partial charge < -0.3 is 10.1 Å². The topological polar surface area (TPSA) is 24.5 Å². The number of likely N-dealkylation sites (N-methyl/N-ethyl adjacent to an activating group) is 1. The minimum atomic E-state index is 0.784. The van der Waals surface area contributed by atoms with Crippen molar-refractivity contribution in [3.8, 4) is 5.75 Å². The van der Waals surface area contributed by atoms with Gasteiger partial charge in [0.25, 0.3) is 0 Å². The second kappa shape index (κ2) is 9.06. The van der Waals surface area contributed by atoms with Crippen molar-refractivity contribution in [2.45, 2.75) is 39.7 Å². The van der Waals surface area contributed by atoms with Crippen LogP contribution in [0, 0.1) is 5.92 Å². The molecule has 0 radical (unpaired) electrons. The zero-order valence-electron chi connectivity index (χ0n) is 13.6. The smallest absolute Gasteiger partial charge is 0.119 e. The zero-order valence-corrected chi connectivity index (χ0v) is 13.6. The molecule has 2 rings (SSSR count). The predicted octanol–water partition coefficient (Wildman–Crippen LogP) is 3.30. The molecular weight excluding hydrogens is 260 g/mol. The van der Waals surface area contributed by atoms with Crippen molar-refractivity contribution in [2.24, 2.45) is 5.92 Å². The Morgan fingerprint density at radius 3 is 2.86 bits per heavy atom. The van der Waals surface area contributed by atoms with Crippen molar-refractivity contribution in [3.05, 3.63) is 29.8 Å². The van der Waals surface area contributed by atoms with E-state index in [9.17, 15) is 0 Å². The molecule has 0 amide bonds. The van der Waals surface area contributed by atoms with Gasteiger partial charge in [0.2, 0.25) is 0 Å². The Morgan fingerprint density at radius 2 is 2.14 bits per heavy atom. The largest absolute Gasteiger partial charge is 0.492 e. The number of hydrogen-bond donors (Lipinski definition) is 1. The molecule has 0 aliphatic heterocycles. The Hall–Kier alpha value is -1.06. The summed E-state index contributed by atoms with van der Waals surface area (Å²) in [6.45, 7) is 10.6. The van der Waals surface area contributed by atoms with E-state index < -0.39 is 0 Å². The fraction of sp³-hybridized carbons (Fsp3) is 0.667. The Morgan fingerprint density at radius 1 is 1.29 bits per heavy atom. The first-order valence-corrected chi connectivity index (χ1v) is 8.46. The first kappa shape index (κ1) is 16.3. The van der Waals surface area contributed by atoms with Gasteiger partial charge in [-0.3, -0.25) is 4.90 Å². The van der Waals surface area contributed by atoms with E-state index in [1.165, 1.54) is 31.4 Å². The number of ether oxygens (including phenoxy) is 1. The molecule has 1 aromatic carbocycles. The van der Waals surface area contributed by atoms with Gasteiger partial charge in [-0.15, -0.1) is 0 Å². The lowest BCUT2D eigenvalue weighted by Crippen LogP contribution is -2.30. The molecule has 0 unspecified atom stereocenters. The van der Waals surface area contributed by atoms with Gasteiger partial charge in [-0.05, 0) is 56.0 Å². The molecule has 118 valence electrons. The molecule has 1 fully saturated rings. The molecule has 1 aliphatic rings. The van der Waals surface area contributed by atoms with Crippen molar-refractivity contribution in [1.29, 1.82) is 0 Å². The van der Waals surface area contributed by atoms with E-state index in [1.807, 2.05) is 0 Å². The highest BCUT2D eigenvalue weighted by Crippen LogP contribution is 2.29. The molecule has 1 aromatic rings. The molecule has 1 saturated carbocycles. The van der Waals surface area contributed by atoms with Crippen molar-refractivity contribution < 1.29 is 4.74 Å². The molecule has 0 heterocycles. The van der Waals surface area contributed by atoms with E-state index in [1.54, 1.807) is 0 Å². The number of nitrogens with zero attached hydrogens (tertiary/aromatic N) is 1. The molecule has 3 nitrogen and oxygen atoms in total. The second-order valence-corrected chi connectivity index (χ2v) is 6.01. The van der Waals surface area contributed by atoms with Gasteiger partial charge in [-0.25, -0.2) is 0 Å². The summed E-state index contributed by atoms with van der Waals surface area (Å²) in [5, 5.41) is 3.43. The zero-order chi connectivity index (χ0) is 14.9. The Labute approximate surface area is 129 Å². The predicted molar refractivity (Wildman–Crippen MR) is 88.8 cm³/mol. The highest BCUT2D eigenvalue weighted by Gasteiger charge is 2.23. The van der Waals surface area contributed by atoms with Crippen LogP contribution in [0.5, 0.6) is 5.75 Å². The number of nitrogens with one attached hydrogen (secondary N) is 1. The fourth-order valence-electron chi connectivity index (χ4n) is 2.49. The minimum absolute atomic E-state index is 0.784. The van der Waals surface area contributed by atoms with Crippen molar-refractivity contribution >= 4 is 0 Å². The van der Waals surface area contributed by atoms with Crippen LogP contribution >= 0.6 is 0 Å². The monoisotopic (exact) mass is 290 g/mol. The van der Waals surface area contributed by atoms with Crippen LogP contribution in [0.15, 0.2) is 24.3 Å². The summed E-state index contributed by atoms with van der Waals surface area (Å²) in [7, 11) is 0. The van der Waals surface area contributed by atoms with E-state index in [0.717, 1.165) is 44.5 Å². The van der Waals surface area contributed by atoms with Gasteiger partial charge in [0.15, 0.2) is 0 Å². The normalized spacial score (nSPS) is 14.6. The van der Waals surface area contributed by atoms with Crippen LogP contribution in [0.25, 0.3) is 0 Å². The first-order valence-electron chi connectivity index (χ1n) is 8.46. The average Bonchev–Trinajstić information content (AvgIpc) is 3.31. The summed E-state index contributed by atoms with van der Waals surface area (Å²) in [5.74, 6) is 1.95. The summed E-state index contributed by atoms with van der Waals surface area (Å²) in [6, 6.07) is 8.45. The summed E-state index contributed by atoms with van der Waals surface area (Å²) in [5.41, 5.74) is 1.30. The van der Waals surface area contributed by atoms with Crippen LogP contribution in [0.3, 0.4) is 0 Å². The lowest BCUT2D eigenvalue weighted by Gasteiger charge is -2.20. The van der Waals surface area contributed by atoms with Gasteiger partial charge in [-0.1, -0.05) is 26.0 Å². The number of hydrogen-bond acceptors (Lipinski definition) is 3. The Balaban J connectivity index is 1.70. The molecule has 0 bridgehead atoms. The lowest BCUT2D eigenvalue weighted by molar-refractivity contribution is 0.210. The third-order valence-electron chi connectivity index (χ3n) is 3.99. The first-order chi connectivity index (χ1) is 10.3. The molecule has 0 saturated heterocycles. The van der Waals surface area contributed by atoms with E-state index in [2.05, 4.69) is 48.3 Å². The van der Waals surface area contributed by atoms with Crippen molar-refractivity contribution in [2.75, 3.05) is 32.8 Å². The number of benzene rings is 1. The average molecular weight is 290 g/mol. The highest BCUT2D eigenvalue weighted by molar-refractivity contribution is 5.28. The van der Waals surface area contributed by atoms with Gasteiger partial charge in [0, 0.05) is 19.6 Å². The Kier molecular flexibility index (Phi) is 7.04. The van der Waals surface area contributed by atoms with E-state index in [-0.39, 0.29) is 0 Å². The van der Waals surface area contributed by atoms with Crippen LogP contribution in [-0.4, -0.2) is 37.7 Å². The van der Waals surface area contributed by atoms with Crippen LogP contribution in [0.4, 0.5) is 0 Å². The lowest BCUT2D eigenvalue weighted by atomic mass is 10.2. The van der Waals surface area contributed by atoms with Gasteiger partial charge in [0.05, 0.1) is 0 Å². The van der Waals surface area contributed by atoms with Crippen LogP contribution in [0.1, 0.15) is 38.7 Å². The fourth-order valence-corrected chi connectivity index (χ4v) is 2.49. The summed E-state index contributed by atoms with van der Waals surface area (Å²) < 4.78 is 5.92. The molecular formula is C18H30N2O. The van der Waals surface area contributed by atoms with Crippen LogP contribution < -0.4 is 10.1 Å². The third kappa shape index (κ3) is 6.49. The molecule has 1 N–H and O–H groups in total. The molecule has 21 heavy (non-hydrogen) atoms. The van der Waals surface area contributed by atoms with Crippen molar-refractivity contribution in [1.82, 2.24) is 10.2 Å². The quantitative estimate of drug-likeness (QED) is 0.633. The third-order valence-corrected chi connectivity index (χ3v) is 3.99. The SMILES string of the molecule is CCCNCc1cccc(OCCN(CC)CC2CC2)c1. The maximum Gasteiger partial charge on any atom is 0.119 e. The summed E-state index contributed by atoms with van der Waals surface area (Å²) in [4.78, 5) is 2.50. The molecule has 3 heteroatoms. The molecule has 0 aromatic heterocycles. The second-order valence-electron chi connectivity index (χ2n) is 6.01. The van der Waals surface area contributed by atoms with E-state index in [4.69, 9.17) is 4.74 Å². The number of rotatable bonds is 11. The maximum atomic E-state index is 5.92. The van der Waals surface area contributed by atoms with E-state index in [0.29, 0.717) is 0 Å². The van der Waals surface area contributed by atoms with Crippen LogP contribution in [0.2, 0.25) is 0 Å². The van der Waals surface area contributed by atoms with Gasteiger partial charge >= 0.3 is 0 Å². The van der Waals surface area contributed by atoms with E-state index >= 15 is 0 Å². The molecule has 0 atom stereocenters. The Bertz CT molecular complexity index is 404. The molecule has 0 spiro atoms. The van der Waals surface area contributed by atoms with Gasteiger partial charge in [-0.2, -0.15) is 0 Å². The van der Waals surface area contributed by atoms with Crippen molar-refractivity contribution in [3.63, 3.8) is 0 Å². The highest BCUT2D eigenvalue weighted by atomic mass is 16.5. The maximum absolute atomic E-state index is 5.92. The summed E-state index contributed by atoms with van der Waals surface area (Å²) in [6.07, 6.45) is 4.01. The molecule has 1 aliphatic carbocycles. The minimum Gasteiger partial charge on any atom is -0.492 e.